The lowest BCUT2D eigenvalue weighted by molar-refractivity contribution is 0.0683. The fraction of sp³-hybridized carbons (Fsp3) is 0.188. The van der Waals surface area contributed by atoms with Gasteiger partial charge in [-0.15, -0.1) is 0 Å². The van der Waals surface area contributed by atoms with E-state index in [0.29, 0.717) is 35.4 Å². The van der Waals surface area contributed by atoms with Gasteiger partial charge in [0, 0.05) is 11.4 Å². The first-order valence-corrected chi connectivity index (χ1v) is 12.9. The summed E-state index contributed by atoms with van der Waals surface area (Å²) in [7, 11) is 0. The van der Waals surface area contributed by atoms with E-state index in [0.717, 1.165) is 42.6 Å². The lowest BCUT2D eigenvalue weighted by Crippen LogP contribution is -2.10. The Hall–Kier alpha value is -4.78. The third-order valence-electron chi connectivity index (χ3n) is 6.68. The molecule has 0 aromatic heterocycles. The lowest BCUT2D eigenvalue weighted by atomic mass is 9.89. The van der Waals surface area contributed by atoms with E-state index in [1.54, 1.807) is 18.2 Å². The van der Waals surface area contributed by atoms with Crippen LogP contribution in [0.4, 0.5) is 11.4 Å². The fourth-order valence-electron chi connectivity index (χ4n) is 4.70. The Kier molecular flexibility index (Phi) is 8.84. The number of rotatable bonds is 12. The number of benzene rings is 4. The molecule has 4 rings (SSSR count). The molecule has 6 N–H and O–H groups in total. The molecule has 0 bridgehead atoms. The second-order valence-electron chi connectivity index (χ2n) is 9.37. The Morgan fingerprint density at radius 2 is 1.36 bits per heavy atom. The molecular weight excluding hydrogens is 492 g/mol. The van der Waals surface area contributed by atoms with Crippen LogP contribution in [0.25, 0.3) is 22.3 Å². The van der Waals surface area contributed by atoms with Crippen molar-refractivity contribution in [2.45, 2.75) is 32.1 Å². The minimum Gasteiger partial charge on any atom is -0.494 e. The third-order valence-corrected chi connectivity index (χ3v) is 6.68. The van der Waals surface area contributed by atoms with Crippen molar-refractivity contribution in [3.8, 4) is 28.0 Å². The average molecular weight is 525 g/mol. The summed E-state index contributed by atoms with van der Waals surface area (Å²) >= 11 is 0. The van der Waals surface area contributed by atoms with E-state index in [9.17, 15) is 19.8 Å². The number of hydrogen-bond donors (Lipinski definition) is 4. The first-order valence-electron chi connectivity index (χ1n) is 12.9. The molecule has 0 atom stereocenters. The summed E-state index contributed by atoms with van der Waals surface area (Å²) in [6.45, 7) is 0.595. The molecule has 7 heteroatoms. The maximum absolute atomic E-state index is 12.3. The normalized spacial score (nSPS) is 10.8. The molecule has 0 aliphatic heterocycles. The van der Waals surface area contributed by atoms with Crippen LogP contribution in [0.3, 0.4) is 0 Å². The molecule has 39 heavy (non-hydrogen) atoms. The largest absolute Gasteiger partial charge is 0.494 e. The van der Waals surface area contributed by atoms with Crippen molar-refractivity contribution in [2.24, 2.45) is 0 Å². The Morgan fingerprint density at radius 3 is 2.05 bits per heavy atom. The van der Waals surface area contributed by atoms with Crippen LogP contribution < -0.4 is 16.2 Å². The Morgan fingerprint density at radius 1 is 0.692 bits per heavy atom. The van der Waals surface area contributed by atoms with Crippen LogP contribution in [0.15, 0.2) is 84.9 Å². The van der Waals surface area contributed by atoms with Crippen LogP contribution in [-0.4, -0.2) is 28.8 Å². The summed E-state index contributed by atoms with van der Waals surface area (Å²) in [4.78, 5) is 24.1. The van der Waals surface area contributed by atoms with Crippen LogP contribution in [0.1, 0.15) is 52.0 Å². The van der Waals surface area contributed by atoms with Crippen LogP contribution in [-0.2, 0) is 6.42 Å². The van der Waals surface area contributed by atoms with Gasteiger partial charge in [-0.3, -0.25) is 0 Å². The van der Waals surface area contributed by atoms with Gasteiger partial charge in [-0.2, -0.15) is 0 Å². The summed E-state index contributed by atoms with van der Waals surface area (Å²) in [5, 5.41) is 19.7. The highest BCUT2D eigenvalue weighted by Crippen LogP contribution is 2.34. The molecule has 200 valence electrons. The minimum atomic E-state index is -1.18. The van der Waals surface area contributed by atoms with Gasteiger partial charge in [0.1, 0.15) is 5.75 Å². The molecule has 4 aromatic carbocycles. The summed E-state index contributed by atoms with van der Waals surface area (Å²) < 4.78 is 5.88. The highest BCUT2D eigenvalue weighted by Gasteiger charge is 2.22. The van der Waals surface area contributed by atoms with Crippen molar-refractivity contribution in [1.29, 1.82) is 0 Å². The van der Waals surface area contributed by atoms with Crippen LogP contribution in [0, 0.1) is 0 Å². The molecule has 0 unspecified atom stereocenters. The standard InChI is InChI=1S/C32H32N2O5/c33-23-13-16-25(28(20-23)31(35)36)26-17-18-29(34)27(30(26)32(37)38)10-6-1-2-7-19-39-24-14-11-22(12-15-24)21-8-4-3-5-9-21/h3-5,8-9,11-18,20H,1-2,6-7,10,19,33-34H2,(H,35,36)(H,37,38). The number of nitrogens with two attached hydrogens (primary N) is 2. The number of carbonyl (C=O) groups is 2. The van der Waals surface area contributed by atoms with Gasteiger partial charge in [0.05, 0.1) is 17.7 Å². The van der Waals surface area contributed by atoms with E-state index in [1.807, 2.05) is 42.5 Å². The molecule has 0 radical (unpaired) electrons. The average Bonchev–Trinajstić information content (AvgIpc) is 2.94. The zero-order valence-electron chi connectivity index (χ0n) is 21.6. The van der Waals surface area contributed by atoms with E-state index in [1.165, 1.54) is 12.1 Å². The molecule has 0 heterocycles. The monoisotopic (exact) mass is 524 g/mol. The molecule has 0 saturated carbocycles. The zero-order chi connectivity index (χ0) is 27.8. The molecule has 0 aliphatic carbocycles. The number of carboxylic acid groups (broad SMARTS) is 2. The van der Waals surface area contributed by atoms with Gasteiger partial charge in [-0.1, -0.05) is 67.4 Å². The predicted octanol–water partition coefficient (Wildman–Crippen LogP) is 6.76. The lowest BCUT2D eigenvalue weighted by Gasteiger charge is -2.16. The smallest absolute Gasteiger partial charge is 0.336 e. The first-order chi connectivity index (χ1) is 18.8. The Bertz CT molecular complexity index is 1450. The molecular formula is C32H32N2O5. The second kappa shape index (κ2) is 12.6. The summed E-state index contributed by atoms with van der Waals surface area (Å²) in [6, 6.07) is 25.8. The van der Waals surface area contributed by atoms with Gasteiger partial charge in [0.15, 0.2) is 0 Å². The van der Waals surface area contributed by atoms with E-state index in [4.69, 9.17) is 16.2 Å². The SMILES string of the molecule is Nc1ccc(-c2ccc(N)c(CCCCCCOc3ccc(-c4ccccc4)cc3)c2C(=O)O)c(C(=O)O)c1. The molecule has 0 saturated heterocycles. The highest BCUT2D eigenvalue weighted by molar-refractivity contribution is 6.04. The quantitative estimate of drug-likeness (QED) is 0.119. The molecule has 0 aliphatic rings. The Labute approximate surface area is 227 Å². The maximum atomic E-state index is 12.3. The van der Waals surface area contributed by atoms with Gasteiger partial charge in [-0.25, -0.2) is 9.59 Å². The minimum absolute atomic E-state index is 0.0320. The van der Waals surface area contributed by atoms with Gasteiger partial charge >= 0.3 is 11.9 Å². The maximum Gasteiger partial charge on any atom is 0.336 e. The molecule has 4 aromatic rings. The van der Waals surface area contributed by atoms with E-state index in [-0.39, 0.29) is 16.8 Å². The van der Waals surface area contributed by atoms with Crippen molar-refractivity contribution in [3.05, 3.63) is 102 Å². The second-order valence-corrected chi connectivity index (χ2v) is 9.37. The van der Waals surface area contributed by atoms with Crippen molar-refractivity contribution in [2.75, 3.05) is 18.1 Å². The zero-order valence-corrected chi connectivity index (χ0v) is 21.6. The number of hydrogen-bond acceptors (Lipinski definition) is 5. The topological polar surface area (TPSA) is 136 Å². The van der Waals surface area contributed by atoms with Crippen molar-refractivity contribution >= 4 is 23.3 Å². The van der Waals surface area contributed by atoms with Crippen LogP contribution in [0.2, 0.25) is 0 Å². The number of anilines is 2. The van der Waals surface area contributed by atoms with E-state index >= 15 is 0 Å². The summed E-state index contributed by atoms with van der Waals surface area (Å²) in [5.74, 6) is -1.50. The number of unbranched alkanes of at least 4 members (excludes halogenated alkanes) is 3. The van der Waals surface area contributed by atoms with Gasteiger partial charge in [-0.05, 0) is 77.4 Å². The van der Waals surface area contributed by atoms with Crippen molar-refractivity contribution in [3.63, 3.8) is 0 Å². The van der Waals surface area contributed by atoms with E-state index < -0.39 is 11.9 Å². The molecule has 0 fully saturated rings. The third kappa shape index (κ3) is 6.76. The number of aromatic carboxylic acids is 2. The van der Waals surface area contributed by atoms with Crippen molar-refractivity contribution in [1.82, 2.24) is 0 Å². The fourth-order valence-corrected chi connectivity index (χ4v) is 4.70. The first kappa shape index (κ1) is 27.3. The molecule has 0 amide bonds. The number of carboxylic acids is 2. The van der Waals surface area contributed by atoms with Crippen LogP contribution in [0.5, 0.6) is 5.75 Å². The van der Waals surface area contributed by atoms with Gasteiger partial charge < -0.3 is 26.4 Å². The molecule has 0 spiro atoms. The van der Waals surface area contributed by atoms with Crippen molar-refractivity contribution < 1.29 is 24.5 Å². The predicted molar refractivity (Wildman–Crippen MR) is 154 cm³/mol. The Balaban J connectivity index is 1.33. The van der Waals surface area contributed by atoms with Gasteiger partial charge in [0.25, 0.3) is 0 Å². The summed E-state index contributed by atoms with van der Waals surface area (Å²) in [5.41, 5.74) is 16.0. The summed E-state index contributed by atoms with van der Waals surface area (Å²) in [6.07, 6.45) is 3.88. The van der Waals surface area contributed by atoms with E-state index in [2.05, 4.69) is 12.1 Å². The number of ether oxygens (including phenoxy) is 1. The molecule has 7 nitrogen and oxygen atoms in total. The van der Waals surface area contributed by atoms with Gasteiger partial charge in [0.2, 0.25) is 0 Å². The van der Waals surface area contributed by atoms with Crippen LogP contribution >= 0.6 is 0 Å². The number of nitrogen functional groups attached to an aromatic ring is 2. The highest BCUT2D eigenvalue weighted by atomic mass is 16.5.